The zero-order valence-corrected chi connectivity index (χ0v) is 36.2. The number of carbonyl (C=O) groups is 3. The van der Waals surface area contributed by atoms with Crippen molar-refractivity contribution in [1.29, 1.82) is 0 Å². The van der Waals surface area contributed by atoms with Gasteiger partial charge in [0, 0.05) is 17.8 Å². The van der Waals surface area contributed by atoms with Crippen molar-refractivity contribution >= 4 is 49.1 Å². The molecule has 0 radical (unpaired) electrons. The molecule has 0 heterocycles. The number of fused-ring (bicyclic) bond motifs is 2. The Morgan fingerprint density at radius 1 is 0.639 bits per heavy atom. The number of hydrogen-bond acceptors (Lipinski definition) is 7. The first-order chi connectivity index (χ1) is 28.9. The van der Waals surface area contributed by atoms with Gasteiger partial charge in [-0.2, -0.15) is 0 Å². The summed E-state index contributed by atoms with van der Waals surface area (Å²) in [4.78, 5) is 34.8. The van der Waals surface area contributed by atoms with Crippen LogP contribution >= 0.6 is 0 Å². The molecule has 0 aromatic heterocycles. The van der Waals surface area contributed by atoms with Crippen molar-refractivity contribution in [3.05, 3.63) is 160 Å². The lowest BCUT2D eigenvalue weighted by molar-refractivity contribution is -0.128. The second-order valence-electron chi connectivity index (χ2n) is 16.5. The van der Waals surface area contributed by atoms with Gasteiger partial charge in [0.25, 0.3) is 10.0 Å². The van der Waals surface area contributed by atoms with E-state index in [1.807, 2.05) is 69.3 Å². The van der Waals surface area contributed by atoms with E-state index in [0.717, 1.165) is 47.1 Å². The minimum absolute atomic E-state index is 0.0896. The fourth-order valence-electron chi connectivity index (χ4n) is 8.55. The van der Waals surface area contributed by atoms with E-state index < -0.39 is 37.4 Å². The van der Waals surface area contributed by atoms with Crippen LogP contribution in [0, 0.1) is 16.7 Å². The molecule has 2 aliphatic carbocycles. The van der Waals surface area contributed by atoms with Crippen LogP contribution in [0.2, 0.25) is 0 Å². The van der Waals surface area contributed by atoms with Crippen LogP contribution < -0.4 is 9.44 Å². The number of carboxylic acids is 2. The molecule has 2 fully saturated rings. The monoisotopic (exact) mass is 864 g/mol. The first kappa shape index (κ1) is 44.8. The van der Waals surface area contributed by atoms with Gasteiger partial charge in [0.1, 0.15) is 5.78 Å². The third-order valence-corrected chi connectivity index (χ3v) is 15.2. The fourth-order valence-corrected chi connectivity index (χ4v) is 11.5. The Bertz CT molecular complexity index is 2610. The molecule has 2 bridgehead atoms. The van der Waals surface area contributed by atoms with Crippen LogP contribution in [0.15, 0.2) is 126 Å². The number of carbonyl (C=O) groups excluding carboxylic acids is 1. The normalized spacial score (nSPS) is 17.9. The topological polar surface area (TPSA) is 184 Å². The van der Waals surface area contributed by atoms with Crippen LogP contribution in [0.5, 0.6) is 0 Å². The lowest BCUT2D eigenvalue weighted by atomic mass is 9.70. The van der Waals surface area contributed by atoms with Gasteiger partial charge < -0.3 is 10.2 Å². The molecule has 2 aliphatic rings. The standard InChI is InChI=1S/C25H29NO5S.C23H23NO4S/c1-24(2)20-12-13-25(24,22(27)15-20)16-32(30,31)26-21-5-3-4-18(14-21)7-6-17-8-10-19(11-9-17)23(28)29;1-2-17-10-14-22(15-11-17)29(27,28)24-21-5-3-4-19(16-21)7-6-18-8-12-20(13-9-18)23(25)26/h3-5,8-11,14,20,26H,6-7,12-13,15-16H2,1-2H3,(H,28,29);3-5,8-16,24H,2,6-7H2,1H3,(H,25,26). The molecule has 2 saturated carbocycles. The first-order valence-electron chi connectivity index (χ1n) is 20.4. The molecule has 2 atom stereocenters. The molecular formula is C48H52N2O9S2. The summed E-state index contributed by atoms with van der Waals surface area (Å²) in [5.41, 5.74) is 5.54. The van der Waals surface area contributed by atoms with Crippen LogP contribution in [0.1, 0.15) is 88.6 Å². The van der Waals surface area contributed by atoms with Crippen LogP contribution in [-0.2, 0) is 56.9 Å². The van der Waals surface area contributed by atoms with Gasteiger partial charge in [-0.25, -0.2) is 26.4 Å². The summed E-state index contributed by atoms with van der Waals surface area (Å²) in [6, 6.07) is 35.0. The highest BCUT2D eigenvalue weighted by Gasteiger charge is 2.65. The molecule has 320 valence electrons. The second kappa shape index (κ2) is 18.4. The van der Waals surface area contributed by atoms with Gasteiger partial charge in [0.2, 0.25) is 10.0 Å². The number of aromatic carboxylic acids is 2. The summed E-state index contributed by atoms with van der Waals surface area (Å²) >= 11 is 0. The number of anilines is 2. The predicted molar refractivity (Wildman–Crippen MR) is 237 cm³/mol. The molecule has 4 N–H and O–H groups in total. The Morgan fingerprint density at radius 2 is 1.10 bits per heavy atom. The van der Waals surface area contributed by atoms with Crippen LogP contribution in [-0.4, -0.2) is 50.5 Å². The summed E-state index contributed by atoms with van der Waals surface area (Å²) in [7, 11) is -7.33. The van der Waals surface area contributed by atoms with E-state index in [9.17, 15) is 31.2 Å². The van der Waals surface area contributed by atoms with E-state index in [1.54, 1.807) is 72.8 Å². The van der Waals surface area contributed by atoms with E-state index >= 15 is 0 Å². The number of nitrogens with one attached hydrogen (secondary N) is 2. The Labute approximate surface area is 358 Å². The zero-order valence-electron chi connectivity index (χ0n) is 34.6. The zero-order chi connectivity index (χ0) is 44.0. The maximum absolute atomic E-state index is 13.0. The van der Waals surface area contributed by atoms with Gasteiger partial charge >= 0.3 is 11.9 Å². The van der Waals surface area contributed by atoms with Crippen molar-refractivity contribution in [1.82, 2.24) is 0 Å². The van der Waals surface area contributed by atoms with Crippen molar-refractivity contribution in [3.8, 4) is 0 Å². The Balaban J connectivity index is 0.000000205. The summed E-state index contributed by atoms with van der Waals surface area (Å²) in [6.45, 7) is 6.09. The summed E-state index contributed by atoms with van der Waals surface area (Å²) in [5.74, 6) is -1.69. The molecule has 13 heteroatoms. The van der Waals surface area contributed by atoms with Gasteiger partial charge in [-0.3, -0.25) is 14.2 Å². The molecule has 5 aromatic rings. The van der Waals surface area contributed by atoms with Crippen molar-refractivity contribution in [2.75, 3.05) is 15.2 Å². The minimum Gasteiger partial charge on any atom is -0.478 e. The third kappa shape index (κ3) is 10.8. The van der Waals surface area contributed by atoms with E-state index in [0.29, 0.717) is 43.5 Å². The Kier molecular flexibility index (Phi) is 13.5. The lowest BCUT2D eigenvalue weighted by Crippen LogP contribution is -2.43. The van der Waals surface area contributed by atoms with Gasteiger partial charge in [0.05, 0.1) is 27.2 Å². The minimum atomic E-state index is -3.69. The highest BCUT2D eigenvalue weighted by Crippen LogP contribution is 2.64. The number of carboxylic acid groups (broad SMARTS) is 2. The van der Waals surface area contributed by atoms with Gasteiger partial charge in [-0.1, -0.05) is 81.4 Å². The summed E-state index contributed by atoms with van der Waals surface area (Å²) < 4.78 is 56.6. The quantitative estimate of drug-likeness (QED) is 0.0753. The molecule has 7 rings (SSSR count). The van der Waals surface area contributed by atoms with Crippen LogP contribution in [0.25, 0.3) is 0 Å². The second-order valence-corrected chi connectivity index (χ2v) is 19.9. The number of ketones is 1. The summed E-state index contributed by atoms with van der Waals surface area (Å²) in [6.07, 6.45) is 5.76. The molecule has 2 unspecified atom stereocenters. The number of Topliss-reactive ketones (excluding diaryl/α,β-unsaturated/α-hetero) is 1. The van der Waals surface area contributed by atoms with Gasteiger partial charge in [-0.05, 0) is 145 Å². The van der Waals surface area contributed by atoms with Gasteiger partial charge in [-0.15, -0.1) is 0 Å². The van der Waals surface area contributed by atoms with Crippen molar-refractivity contribution in [2.24, 2.45) is 16.7 Å². The highest BCUT2D eigenvalue weighted by molar-refractivity contribution is 7.93. The number of rotatable bonds is 16. The average Bonchev–Trinajstić information content (AvgIpc) is 3.57. The Morgan fingerprint density at radius 3 is 1.52 bits per heavy atom. The maximum Gasteiger partial charge on any atom is 0.335 e. The van der Waals surface area contributed by atoms with E-state index in [2.05, 4.69) is 9.44 Å². The van der Waals surface area contributed by atoms with Crippen LogP contribution in [0.4, 0.5) is 11.4 Å². The van der Waals surface area contributed by atoms with E-state index in [4.69, 9.17) is 10.2 Å². The van der Waals surface area contributed by atoms with Crippen molar-refractivity contribution in [2.45, 2.75) is 77.0 Å². The molecular weight excluding hydrogens is 813 g/mol. The molecule has 61 heavy (non-hydrogen) atoms. The third-order valence-electron chi connectivity index (χ3n) is 12.4. The molecule has 5 aromatic carbocycles. The van der Waals surface area contributed by atoms with Crippen LogP contribution in [0.3, 0.4) is 0 Å². The van der Waals surface area contributed by atoms with Crippen molar-refractivity contribution in [3.63, 3.8) is 0 Å². The lowest BCUT2D eigenvalue weighted by Gasteiger charge is -2.36. The molecule has 0 amide bonds. The predicted octanol–water partition coefficient (Wildman–Crippen LogP) is 8.84. The number of hydrogen-bond donors (Lipinski definition) is 4. The molecule has 0 saturated heterocycles. The average molecular weight is 865 g/mol. The van der Waals surface area contributed by atoms with Crippen molar-refractivity contribution < 1.29 is 41.4 Å². The highest BCUT2D eigenvalue weighted by atomic mass is 32.2. The Hall–Kier alpha value is -5.79. The summed E-state index contributed by atoms with van der Waals surface area (Å²) in [5, 5.41) is 18.0. The largest absolute Gasteiger partial charge is 0.478 e. The van der Waals surface area contributed by atoms with E-state index in [1.165, 1.54) is 0 Å². The number of sulfonamides is 2. The number of aryl methyl sites for hydroxylation is 5. The van der Waals surface area contributed by atoms with Gasteiger partial charge in [0.15, 0.2) is 0 Å². The first-order valence-corrected chi connectivity index (χ1v) is 23.5. The number of benzene rings is 5. The molecule has 0 spiro atoms. The molecule has 0 aliphatic heterocycles. The fraction of sp³-hybridized carbons (Fsp3) is 0.312. The smallest absolute Gasteiger partial charge is 0.335 e. The van der Waals surface area contributed by atoms with E-state index in [-0.39, 0.29) is 38.9 Å². The maximum atomic E-state index is 13.0. The SMILES string of the molecule is CC1(C)C2CCC1(CS(=O)(=O)Nc1cccc(CCc3ccc(C(=O)O)cc3)c1)C(=O)C2.CCc1ccc(S(=O)(=O)Nc2cccc(CCc3ccc(C(=O)O)cc3)c2)cc1. The molecule has 11 nitrogen and oxygen atoms in total.